The minimum atomic E-state index is -4.93. The van der Waals surface area contributed by atoms with Crippen LogP contribution in [0.5, 0.6) is 0 Å². The van der Waals surface area contributed by atoms with Crippen LogP contribution in [0.15, 0.2) is 18.2 Å². The number of hydrogen-bond acceptors (Lipinski definition) is 2. The Bertz CT molecular complexity index is 575. The van der Waals surface area contributed by atoms with Crippen LogP contribution in [0.1, 0.15) is 23.6 Å². The average Bonchev–Trinajstić information content (AvgIpc) is 2.77. The van der Waals surface area contributed by atoms with Crippen molar-refractivity contribution >= 4 is 11.6 Å². The summed E-state index contributed by atoms with van der Waals surface area (Å²) in [7, 11) is 0. The van der Waals surface area contributed by atoms with Crippen molar-refractivity contribution in [2.24, 2.45) is 0 Å². The average molecular weight is 282 g/mol. The number of hydrogen-bond donors (Lipinski definition) is 1. The van der Waals surface area contributed by atoms with Gasteiger partial charge in [-0.25, -0.2) is 0 Å². The first-order valence-electron chi connectivity index (χ1n) is 6.04. The number of nitrogen functional groups attached to an aromatic ring is 1. The van der Waals surface area contributed by atoms with Gasteiger partial charge in [0.25, 0.3) is 0 Å². The molecule has 0 heterocycles. The Morgan fingerprint density at radius 2 is 2.20 bits per heavy atom. The SMILES string of the molecule is C#CCN(C(=O)C(F)(F)F)[C@H]1CCc2ccc(N)cc21. The highest BCUT2D eigenvalue weighted by Gasteiger charge is 2.45. The maximum absolute atomic E-state index is 12.6. The van der Waals surface area contributed by atoms with E-state index in [0.717, 1.165) is 5.56 Å². The van der Waals surface area contributed by atoms with E-state index in [0.29, 0.717) is 29.0 Å². The van der Waals surface area contributed by atoms with E-state index in [1.54, 1.807) is 18.2 Å². The van der Waals surface area contributed by atoms with Crippen LogP contribution in [0.2, 0.25) is 0 Å². The zero-order valence-electron chi connectivity index (χ0n) is 10.6. The van der Waals surface area contributed by atoms with E-state index in [2.05, 4.69) is 5.92 Å². The molecule has 0 aromatic heterocycles. The second-order valence-electron chi connectivity index (χ2n) is 4.65. The molecule has 106 valence electrons. The Kier molecular flexibility index (Phi) is 3.62. The first-order chi connectivity index (χ1) is 9.34. The van der Waals surface area contributed by atoms with Crippen LogP contribution < -0.4 is 5.73 Å². The number of aryl methyl sites for hydroxylation is 1. The number of carbonyl (C=O) groups excluding carboxylic acids is 1. The summed E-state index contributed by atoms with van der Waals surface area (Å²) < 4.78 is 37.9. The third-order valence-electron chi connectivity index (χ3n) is 3.36. The zero-order chi connectivity index (χ0) is 14.9. The number of rotatable bonds is 2. The van der Waals surface area contributed by atoms with Crippen molar-refractivity contribution in [2.45, 2.75) is 25.1 Å². The van der Waals surface area contributed by atoms with E-state index in [1.807, 2.05) is 0 Å². The van der Waals surface area contributed by atoms with Crippen LogP contribution in [0.3, 0.4) is 0 Å². The molecule has 0 fully saturated rings. The van der Waals surface area contributed by atoms with Crippen LogP contribution in [0.25, 0.3) is 0 Å². The molecule has 20 heavy (non-hydrogen) atoms. The normalized spacial score (nSPS) is 17.4. The van der Waals surface area contributed by atoms with Gasteiger partial charge >= 0.3 is 12.1 Å². The maximum Gasteiger partial charge on any atom is 0.471 e. The largest absolute Gasteiger partial charge is 0.471 e. The summed E-state index contributed by atoms with van der Waals surface area (Å²) in [6.45, 7) is -0.378. The highest BCUT2D eigenvalue weighted by molar-refractivity contribution is 5.82. The summed E-state index contributed by atoms with van der Waals surface area (Å²) in [5.41, 5.74) is 7.67. The molecule has 0 bridgehead atoms. The number of amides is 1. The molecule has 1 aliphatic rings. The number of carbonyl (C=O) groups is 1. The molecule has 1 aromatic rings. The number of nitrogens with two attached hydrogens (primary N) is 1. The van der Waals surface area contributed by atoms with Crippen LogP contribution in [-0.2, 0) is 11.2 Å². The number of anilines is 1. The zero-order valence-corrected chi connectivity index (χ0v) is 10.6. The van der Waals surface area contributed by atoms with Crippen molar-refractivity contribution in [1.29, 1.82) is 0 Å². The van der Waals surface area contributed by atoms with Gasteiger partial charge in [0.1, 0.15) is 0 Å². The van der Waals surface area contributed by atoms with Crippen molar-refractivity contribution in [3.8, 4) is 12.3 Å². The highest BCUT2D eigenvalue weighted by Crippen LogP contribution is 2.38. The summed E-state index contributed by atoms with van der Waals surface area (Å²) in [6.07, 6.45) is 1.18. The molecule has 1 atom stereocenters. The summed E-state index contributed by atoms with van der Waals surface area (Å²) in [5, 5.41) is 0. The van der Waals surface area contributed by atoms with Gasteiger partial charge in [-0.05, 0) is 36.1 Å². The first kappa shape index (κ1) is 14.3. The van der Waals surface area contributed by atoms with E-state index in [4.69, 9.17) is 12.2 Å². The molecular formula is C14H13F3N2O. The molecule has 0 spiro atoms. The summed E-state index contributed by atoms with van der Waals surface area (Å²) >= 11 is 0. The Morgan fingerprint density at radius 3 is 2.80 bits per heavy atom. The first-order valence-corrected chi connectivity index (χ1v) is 6.04. The monoisotopic (exact) mass is 282 g/mol. The van der Waals surface area contributed by atoms with Crippen molar-refractivity contribution in [2.75, 3.05) is 12.3 Å². The maximum atomic E-state index is 12.6. The number of alkyl halides is 3. The topological polar surface area (TPSA) is 46.3 Å². The lowest BCUT2D eigenvalue weighted by Crippen LogP contribution is -2.43. The minimum absolute atomic E-state index is 0.378. The number of fused-ring (bicyclic) bond motifs is 1. The van der Waals surface area contributed by atoms with E-state index in [1.165, 1.54) is 0 Å². The van der Waals surface area contributed by atoms with Gasteiger partial charge in [-0.15, -0.1) is 6.42 Å². The van der Waals surface area contributed by atoms with E-state index >= 15 is 0 Å². The Morgan fingerprint density at radius 1 is 1.50 bits per heavy atom. The lowest BCUT2D eigenvalue weighted by atomic mass is 10.1. The van der Waals surface area contributed by atoms with Crippen molar-refractivity contribution in [3.05, 3.63) is 29.3 Å². The Hall–Kier alpha value is -2.16. The molecule has 2 rings (SSSR count). The van der Waals surface area contributed by atoms with Gasteiger partial charge in [-0.2, -0.15) is 13.2 Å². The van der Waals surface area contributed by atoms with E-state index in [-0.39, 0.29) is 6.54 Å². The minimum Gasteiger partial charge on any atom is -0.399 e. The lowest BCUT2D eigenvalue weighted by molar-refractivity contribution is -0.187. The predicted octanol–water partition coefficient (Wildman–Crippen LogP) is 2.28. The summed E-state index contributed by atoms with van der Waals surface area (Å²) in [6, 6.07) is 4.41. The molecule has 6 heteroatoms. The standard InChI is InChI=1S/C14H13F3N2O/c1-2-7-19(13(20)14(15,16)17)12-6-4-9-3-5-10(18)8-11(9)12/h1,3,5,8,12H,4,6-7,18H2/t12-/m0/s1. The van der Waals surface area contributed by atoms with E-state index in [9.17, 15) is 18.0 Å². The highest BCUT2D eigenvalue weighted by atomic mass is 19.4. The van der Waals surface area contributed by atoms with E-state index < -0.39 is 18.1 Å². The fourth-order valence-electron chi connectivity index (χ4n) is 2.51. The smallest absolute Gasteiger partial charge is 0.399 e. The predicted molar refractivity (Wildman–Crippen MR) is 68.5 cm³/mol. The fourth-order valence-corrected chi connectivity index (χ4v) is 2.51. The van der Waals surface area contributed by atoms with Crippen molar-refractivity contribution in [1.82, 2.24) is 4.90 Å². The Balaban J connectivity index is 2.37. The Labute approximate surface area is 114 Å². The summed E-state index contributed by atoms with van der Waals surface area (Å²) in [5.74, 6) is 0.210. The molecule has 1 aromatic carbocycles. The van der Waals surface area contributed by atoms with Crippen LogP contribution in [0, 0.1) is 12.3 Å². The van der Waals surface area contributed by atoms with Gasteiger partial charge in [-0.1, -0.05) is 12.0 Å². The quantitative estimate of drug-likeness (QED) is 0.668. The van der Waals surface area contributed by atoms with Crippen LogP contribution in [0.4, 0.5) is 18.9 Å². The molecule has 3 nitrogen and oxygen atoms in total. The molecule has 1 aliphatic carbocycles. The molecule has 0 radical (unpaired) electrons. The van der Waals surface area contributed by atoms with Crippen molar-refractivity contribution in [3.63, 3.8) is 0 Å². The van der Waals surface area contributed by atoms with Gasteiger partial charge < -0.3 is 10.6 Å². The number of nitrogens with zero attached hydrogens (tertiary/aromatic N) is 1. The number of benzene rings is 1. The van der Waals surface area contributed by atoms with Gasteiger partial charge in [0.15, 0.2) is 0 Å². The fraction of sp³-hybridized carbons (Fsp3) is 0.357. The molecule has 1 amide bonds. The third-order valence-corrected chi connectivity index (χ3v) is 3.36. The summed E-state index contributed by atoms with van der Waals surface area (Å²) in [4.78, 5) is 12.2. The molecular weight excluding hydrogens is 269 g/mol. The second kappa shape index (κ2) is 5.08. The molecule has 0 saturated heterocycles. The molecule has 2 N–H and O–H groups in total. The van der Waals surface area contributed by atoms with Crippen LogP contribution in [-0.4, -0.2) is 23.5 Å². The number of halogens is 3. The molecule has 0 saturated carbocycles. The third kappa shape index (κ3) is 2.57. The van der Waals surface area contributed by atoms with Gasteiger partial charge in [0.05, 0.1) is 12.6 Å². The molecule has 0 unspecified atom stereocenters. The molecule has 0 aliphatic heterocycles. The van der Waals surface area contributed by atoms with Gasteiger partial charge in [0.2, 0.25) is 0 Å². The van der Waals surface area contributed by atoms with Gasteiger partial charge in [-0.3, -0.25) is 4.79 Å². The number of terminal acetylenes is 1. The second-order valence-corrected chi connectivity index (χ2v) is 4.65. The van der Waals surface area contributed by atoms with Crippen LogP contribution >= 0.6 is 0 Å². The van der Waals surface area contributed by atoms with Crippen molar-refractivity contribution < 1.29 is 18.0 Å². The van der Waals surface area contributed by atoms with Gasteiger partial charge in [0, 0.05) is 5.69 Å². The lowest BCUT2D eigenvalue weighted by Gasteiger charge is -2.28.